The summed E-state index contributed by atoms with van der Waals surface area (Å²) in [7, 11) is 0. The Kier molecular flexibility index (Phi) is 3.28. The van der Waals surface area contributed by atoms with Crippen molar-refractivity contribution in [1.29, 1.82) is 0 Å². The van der Waals surface area contributed by atoms with Crippen LogP contribution in [0.25, 0.3) is 23.4 Å². The second kappa shape index (κ2) is 4.87. The number of anilines is 1. The highest BCUT2D eigenvalue weighted by molar-refractivity contribution is 5.66. The molecule has 0 aliphatic rings. The van der Waals surface area contributed by atoms with Crippen molar-refractivity contribution < 1.29 is 0 Å². The molecule has 0 unspecified atom stereocenters. The first-order valence-corrected chi connectivity index (χ1v) is 5.73. The third-order valence-electron chi connectivity index (χ3n) is 2.77. The van der Waals surface area contributed by atoms with Crippen molar-refractivity contribution in [3.05, 3.63) is 41.2 Å². The van der Waals surface area contributed by atoms with Crippen LogP contribution in [0, 0.1) is 6.92 Å². The lowest BCUT2D eigenvalue weighted by Gasteiger charge is -2.02. The van der Waals surface area contributed by atoms with Crippen LogP contribution in [0.15, 0.2) is 25.0 Å². The Bertz CT molecular complexity index is 695. The molecule has 0 amide bonds. The molecule has 92 valence electrons. The average Bonchev–Trinajstić information content (AvgIpc) is 2.76. The Hall–Kier alpha value is -2.36. The summed E-state index contributed by atoms with van der Waals surface area (Å²) in [5.41, 5.74) is 8.50. The lowest BCUT2D eigenvalue weighted by atomic mass is 10.1. The number of allylic oxidation sites excluding steroid dienone is 1. The summed E-state index contributed by atoms with van der Waals surface area (Å²) >= 11 is 0. The van der Waals surface area contributed by atoms with Crippen molar-refractivity contribution in [3.8, 4) is 11.3 Å². The summed E-state index contributed by atoms with van der Waals surface area (Å²) in [4.78, 5) is 11.5. The van der Waals surface area contributed by atoms with Gasteiger partial charge in [-0.3, -0.25) is 0 Å². The lowest BCUT2D eigenvalue weighted by Crippen LogP contribution is -2.23. The number of aromatic amines is 1. The Morgan fingerprint density at radius 1 is 1.44 bits per heavy atom. The van der Waals surface area contributed by atoms with Gasteiger partial charge >= 0.3 is 0 Å². The van der Waals surface area contributed by atoms with E-state index in [4.69, 9.17) is 5.73 Å². The average molecular weight is 240 g/mol. The fraction of sp³-hybridized carbons (Fsp3) is 0.143. The first-order chi connectivity index (χ1) is 8.67. The smallest absolute Gasteiger partial charge is 0.220 e. The standard InChI is InChI=1S/C14H16N4/c1-4-6-10-11(8-16-12(10)5-2)13-9(3)7-17-14(15)18-13/h4-8,16H,1H2,2-3H3,(H2,15,17,18). The Morgan fingerprint density at radius 2 is 2.22 bits per heavy atom. The second-order valence-electron chi connectivity index (χ2n) is 3.98. The predicted molar refractivity (Wildman–Crippen MR) is 75.0 cm³/mol. The molecule has 2 aromatic heterocycles. The van der Waals surface area contributed by atoms with Gasteiger partial charge in [0.25, 0.3) is 0 Å². The van der Waals surface area contributed by atoms with Gasteiger partial charge in [-0.05, 0) is 19.4 Å². The third kappa shape index (κ3) is 2.05. The van der Waals surface area contributed by atoms with Gasteiger partial charge in [0.2, 0.25) is 5.95 Å². The Balaban J connectivity index is 2.80. The molecule has 4 nitrogen and oxygen atoms in total. The fourth-order valence-electron chi connectivity index (χ4n) is 1.91. The van der Waals surface area contributed by atoms with E-state index in [9.17, 15) is 0 Å². The summed E-state index contributed by atoms with van der Waals surface area (Å²) in [6.07, 6.45) is 9.40. The van der Waals surface area contributed by atoms with E-state index in [1.54, 1.807) is 12.3 Å². The second-order valence-corrected chi connectivity index (χ2v) is 3.98. The van der Waals surface area contributed by atoms with Crippen LogP contribution >= 0.6 is 0 Å². The van der Waals surface area contributed by atoms with Gasteiger partial charge in [-0.25, -0.2) is 9.97 Å². The first-order valence-electron chi connectivity index (χ1n) is 5.73. The van der Waals surface area contributed by atoms with Crippen molar-refractivity contribution >= 4 is 18.1 Å². The van der Waals surface area contributed by atoms with Crippen LogP contribution < -0.4 is 16.3 Å². The SMILES string of the molecule is C=CC=c1c(-c2nc(N)ncc2C)c[nH]c1=CC. The van der Waals surface area contributed by atoms with E-state index in [0.29, 0.717) is 0 Å². The number of nitrogens with zero attached hydrogens (tertiary/aromatic N) is 2. The van der Waals surface area contributed by atoms with Gasteiger partial charge in [0.1, 0.15) is 0 Å². The molecule has 2 aromatic rings. The van der Waals surface area contributed by atoms with Gasteiger partial charge in [-0.2, -0.15) is 0 Å². The molecule has 2 heterocycles. The zero-order valence-electron chi connectivity index (χ0n) is 10.6. The van der Waals surface area contributed by atoms with Crippen molar-refractivity contribution in [2.75, 3.05) is 5.73 Å². The molecule has 0 aromatic carbocycles. The third-order valence-corrected chi connectivity index (χ3v) is 2.77. The molecular formula is C14H16N4. The number of nitrogens with one attached hydrogen (secondary N) is 1. The number of hydrogen-bond donors (Lipinski definition) is 2. The normalized spacial score (nSPS) is 13.0. The minimum atomic E-state index is 0.281. The van der Waals surface area contributed by atoms with Crippen LogP contribution in [0.5, 0.6) is 0 Å². The maximum absolute atomic E-state index is 5.66. The van der Waals surface area contributed by atoms with Gasteiger partial charge in [0, 0.05) is 28.5 Å². The molecule has 3 N–H and O–H groups in total. The number of rotatable bonds is 2. The maximum atomic E-state index is 5.66. The van der Waals surface area contributed by atoms with Crippen LogP contribution in [0.2, 0.25) is 0 Å². The highest BCUT2D eigenvalue weighted by Gasteiger charge is 2.08. The van der Waals surface area contributed by atoms with Crippen molar-refractivity contribution in [1.82, 2.24) is 15.0 Å². The topological polar surface area (TPSA) is 67.6 Å². The minimum Gasteiger partial charge on any atom is -0.368 e. The van der Waals surface area contributed by atoms with Gasteiger partial charge in [-0.1, -0.05) is 24.8 Å². The molecule has 0 aliphatic heterocycles. The largest absolute Gasteiger partial charge is 0.368 e. The van der Waals surface area contributed by atoms with E-state index in [1.807, 2.05) is 32.2 Å². The summed E-state index contributed by atoms with van der Waals surface area (Å²) in [6.45, 7) is 7.70. The lowest BCUT2D eigenvalue weighted by molar-refractivity contribution is 1.15. The number of nitrogens with two attached hydrogens (primary N) is 1. The number of nitrogen functional groups attached to an aromatic ring is 1. The summed E-state index contributed by atoms with van der Waals surface area (Å²) < 4.78 is 0. The zero-order chi connectivity index (χ0) is 13.1. The van der Waals surface area contributed by atoms with Gasteiger partial charge in [0.05, 0.1) is 5.69 Å². The quantitative estimate of drug-likeness (QED) is 0.827. The van der Waals surface area contributed by atoms with Crippen LogP contribution in [0.3, 0.4) is 0 Å². The zero-order valence-corrected chi connectivity index (χ0v) is 10.6. The van der Waals surface area contributed by atoms with Gasteiger partial charge < -0.3 is 10.7 Å². The van der Waals surface area contributed by atoms with E-state index >= 15 is 0 Å². The molecule has 2 rings (SSSR count). The van der Waals surface area contributed by atoms with Crippen molar-refractivity contribution in [2.45, 2.75) is 13.8 Å². The van der Waals surface area contributed by atoms with E-state index in [-0.39, 0.29) is 5.95 Å². The first kappa shape index (κ1) is 12.1. The van der Waals surface area contributed by atoms with E-state index in [2.05, 4.69) is 21.5 Å². The van der Waals surface area contributed by atoms with Crippen LogP contribution in [-0.4, -0.2) is 15.0 Å². The van der Waals surface area contributed by atoms with Crippen molar-refractivity contribution in [3.63, 3.8) is 0 Å². The van der Waals surface area contributed by atoms with Gasteiger partial charge in [0.15, 0.2) is 0 Å². The van der Waals surface area contributed by atoms with Crippen LogP contribution in [0.4, 0.5) is 5.95 Å². The molecule has 0 bridgehead atoms. The highest BCUT2D eigenvalue weighted by Crippen LogP contribution is 2.16. The number of H-pyrrole nitrogens is 1. The van der Waals surface area contributed by atoms with E-state index < -0.39 is 0 Å². The van der Waals surface area contributed by atoms with Gasteiger partial charge in [-0.15, -0.1) is 0 Å². The summed E-state index contributed by atoms with van der Waals surface area (Å²) in [6, 6.07) is 0. The molecule has 0 atom stereocenters. The van der Waals surface area contributed by atoms with Crippen molar-refractivity contribution in [2.24, 2.45) is 0 Å². The molecule has 0 fully saturated rings. The number of hydrogen-bond acceptors (Lipinski definition) is 3. The summed E-state index contributed by atoms with van der Waals surface area (Å²) in [5, 5.41) is 2.11. The molecule has 4 heteroatoms. The predicted octanol–water partition coefficient (Wildman–Crippen LogP) is 1.13. The molecule has 0 saturated heterocycles. The maximum Gasteiger partial charge on any atom is 0.220 e. The van der Waals surface area contributed by atoms with Crippen LogP contribution in [0.1, 0.15) is 12.5 Å². The molecule has 0 radical (unpaired) electrons. The minimum absolute atomic E-state index is 0.281. The number of aryl methyl sites for hydroxylation is 1. The monoisotopic (exact) mass is 240 g/mol. The Morgan fingerprint density at radius 3 is 2.89 bits per heavy atom. The van der Waals surface area contributed by atoms with E-state index in [0.717, 1.165) is 27.4 Å². The number of aromatic nitrogens is 3. The van der Waals surface area contributed by atoms with E-state index in [1.165, 1.54) is 0 Å². The molecular weight excluding hydrogens is 224 g/mol. The molecule has 18 heavy (non-hydrogen) atoms. The Labute approximate surface area is 106 Å². The molecule has 0 spiro atoms. The summed E-state index contributed by atoms with van der Waals surface area (Å²) in [5.74, 6) is 0.281. The fourth-order valence-corrected chi connectivity index (χ4v) is 1.91. The molecule has 0 aliphatic carbocycles. The molecule has 0 saturated carbocycles. The highest BCUT2D eigenvalue weighted by atomic mass is 15.0. The van der Waals surface area contributed by atoms with Crippen LogP contribution in [-0.2, 0) is 0 Å².